The van der Waals surface area contributed by atoms with E-state index >= 15 is 0 Å². The fourth-order valence-corrected chi connectivity index (χ4v) is 0.338. The lowest BCUT2D eigenvalue weighted by molar-refractivity contribution is -0.0687. The van der Waals surface area contributed by atoms with Gasteiger partial charge in [-0.25, -0.2) is 8.78 Å². The molecule has 0 bridgehead atoms. The van der Waals surface area contributed by atoms with Crippen LogP contribution in [0.5, 0.6) is 0 Å². The predicted molar refractivity (Wildman–Crippen MR) is 25.0 cm³/mol. The van der Waals surface area contributed by atoms with Crippen LogP contribution in [0.4, 0.5) is 22.3 Å². The molecule has 0 saturated carbocycles. The Morgan fingerprint density at radius 1 is 1.27 bits per heavy atom. The first-order valence-electron chi connectivity index (χ1n) is 1.82. The van der Waals surface area contributed by atoms with Crippen LogP contribution in [0.3, 0.4) is 0 Å². The number of rotatable bonds is 2. The molecule has 0 aliphatic rings. The minimum Gasteiger partial charge on any atom is -0.281 e. The van der Waals surface area contributed by atoms with E-state index in [1.165, 1.54) is 0 Å². The average Bonchev–Trinajstić information content (AvgIpc) is 1.62. The lowest BCUT2D eigenvalue weighted by Crippen LogP contribution is -2.35. The van der Waals surface area contributed by atoms with Gasteiger partial charge in [-0.05, 0) is 0 Å². The Labute approximate surface area is 58.1 Å². The average molecular weight is 202 g/mol. The summed E-state index contributed by atoms with van der Waals surface area (Å²) in [7, 11) is -5.98. The summed E-state index contributed by atoms with van der Waals surface area (Å²) in [5.74, 6) is 0. The molecule has 70 valence electrons. The zero-order valence-corrected chi connectivity index (χ0v) is 5.49. The molecule has 0 atom stereocenters. The third-order valence-electron chi connectivity index (χ3n) is 0.598. The molecule has 0 spiro atoms. The third-order valence-corrected chi connectivity index (χ3v) is 1.46. The zero-order valence-electron chi connectivity index (χ0n) is 4.67. The Balaban J connectivity index is 0. The highest BCUT2D eigenvalue weighted by Gasteiger charge is 2.53. The minimum atomic E-state index is -5.98. The van der Waals surface area contributed by atoms with Gasteiger partial charge in [-0.1, -0.05) is 0 Å². The Bertz CT molecular complexity index is 208. The molecule has 0 aromatic rings. The molecule has 0 rings (SSSR count). The van der Waals surface area contributed by atoms with Crippen molar-refractivity contribution in [1.82, 2.24) is 0 Å². The molecule has 3 nitrogen and oxygen atoms in total. The highest BCUT2D eigenvalue weighted by molar-refractivity contribution is 7.86. The molecule has 1 N–H and O–H groups in total. The van der Waals surface area contributed by atoms with Gasteiger partial charge >= 0.3 is 21.8 Å². The lowest BCUT2D eigenvalue weighted by atomic mass is 10.7. The first kappa shape index (κ1) is 13.2. The van der Waals surface area contributed by atoms with E-state index in [4.69, 9.17) is 4.55 Å². The van der Waals surface area contributed by atoms with Gasteiger partial charge < -0.3 is 0 Å². The van der Waals surface area contributed by atoms with Crippen LogP contribution in [0.25, 0.3) is 0 Å². The molecular formula is C2H3F5O3S. The van der Waals surface area contributed by atoms with E-state index in [2.05, 4.69) is 0 Å². The largest absolute Gasteiger partial charge is 0.428 e. The molecule has 0 aromatic carbocycles. The molecule has 0 amide bonds. The highest BCUT2D eigenvalue weighted by atomic mass is 32.2. The highest BCUT2D eigenvalue weighted by Crippen LogP contribution is 2.27. The Morgan fingerprint density at radius 2 is 1.55 bits per heavy atom. The van der Waals surface area contributed by atoms with Gasteiger partial charge in [0.05, 0.1) is 0 Å². The normalized spacial score (nSPS) is 12.9. The topological polar surface area (TPSA) is 54.4 Å². The monoisotopic (exact) mass is 202 g/mol. The van der Waals surface area contributed by atoms with Crippen LogP contribution in [0.1, 0.15) is 0 Å². The van der Waals surface area contributed by atoms with Crippen molar-refractivity contribution in [2.45, 2.75) is 11.7 Å². The molecule has 9 heteroatoms. The van der Waals surface area contributed by atoms with E-state index in [0.717, 1.165) is 0 Å². The fraction of sp³-hybridized carbons (Fsp3) is 1.00. The van der Waals surface area contributed by atoms with Gasteiger partial charge in [-0.15, -0.1) is 0 Å². The van der Waals surface area contributed by atoms with Crippen LogP contribution in [0.2, 0.25) is 0 Å². The molecule has 0 aliphatic heterocycles. The second kappa shape index (κ2) is 3.30. The predicted octanol–water partition coefficient (Wildman–Crippen LogP) is 0.885. The molecule has 0 unspecified atom stereocenters. The van der Waals surface area contributed by atoms with Gasteiger partial charge in [0.1, 0.15) is 0 Å². The smallest absolute Gasteiger partial charge is 0.281 e. The van der Waals surface area contributed by atoms with E-state index in [1.807, 2.05) is 0 Å². The summed E-state index contributed by atoms with van der Waals surface area (Å²) in [5.41, 5.74) is 0. The quantitative estimate of drug-likeness (QED) is 0.534. The maximum absolute atomic E-state index is 11.5. The van der Waals surface area contributed by atoms with Crippen LogP contribution < -0.4 is 0 Å². The molecule has 11 heavy (non-hydrogen) atoms. The van der Waals surface area contributed by atoms with Crippen molar-refractivity contribution in [2.75, 3.05) is 0 Å². The summed E-state index contributed by atoms with van der Waals surface area (Å²) in [4.78, 5) is 0. The third kappa shape index (κ3) is 2.58. The van der Waals surface area contributed by atoms with Crippen molar-refractivity contribution in [2.24, 2.45) is 0 Å². The van der Waals surface area contributed by atoms with Crippen LogP contribution in [-0.4, -0.2) is 24.7 Å². The van der Waals surface area contributed by atoms with Gasteiger partial charge in [-0.2, -0.15) is 17.2 Å². The summed E-state index contributed by atoms with van der Waals surface area (Å²) in [6, 6.07) is 0. The molecule has 0 aromatic heterocycles. The van der Waals surface area contributed by atoms with E-state index < -0.39 is 21.8 Å². The molecule has 0 fully saturated rings. The second-order valence-electron chi connectivity index (χ2n) is 1.34. The van der Waals surface area contributed by atoms with Gasteiger partial charge in [0.25, 0.3) is 0 Å². The standard InChI is InChI=1S/C2H2F4O3S.FH/c3-1(4)2(5,6)10(7,8)9;/h1H,(H,7,8,9);1H. The maximum atomic E-state index is 11.5. The minimum absolute atomic E-state index is 0. The number of hydrogen-bond donors (Lipinski definition) is 1. The van der Waals surface area contributed by atoms with E-state index in [-0.39, 0.29) is 4.70 Å². The first-order valence-corrected chi connectivity index (χ1v) is 3.26. The van der Waals surface area contributed by atoms with Crippen molar-refractivity contribution >= 4 is 10.1 Å². The van der Waals surface area contributed by atoms with E-state index in [0.29, 0.717) is 0 Å². The second-order valence-corrected chi connectivity index (χ2v) is 2.83. The lowest BCUT2D eigenvalue weighted by Gasteiger charge is -2.09. The Morgan fingerprint density at radius 3 is 1.55 bits per heavy atom. The first-order chi connectivity index (χ1) is 4.19. The Hall–Kier alpha value is -0.440. The van der Waals surface area contributed by atoms with Gasteiger partial charge in [0.15, 0.2) is 0 Å². The summed E-state index contributed by atoms with van der Waals surface area (Å²) in [5, 5.41) is -5.37. The van der Waals surface area contributed by atoms with Gasteiger partial charge in [0, 0.05) is 0 Å². The fourth-order valence-electron chi connectivity index (χ4n) is 0.113. The summed E-state index contributed by atoms with van der Waals surface area (Å²) >= 11 is 0. The van der Waals surface area contributed by atoms with E-state index in [1.54, 1.807) is 0 Å². The van der Waals surface area contributed by atoms with Gasteiger partial charge in [0.2, 0.25) is 0 Å². The van der Waals surface area contributed by atoms with Crippen molar-refractivity contribution < 1.29 is 35.2 Å². The maximum Gasteiger partial charge on any atom is 0.428 e. The zero-order chi connectivity index (χ0) is 8.58. The van der Waals surface area contributed by atoms with Crippen molar-refractivity contribution in [3.63, 3.8) is 0 Å². The van der Waals surface area contributed by atoms with Crippen LogP contribution in [0.15, 0.2) is 0 Å². The van der Waals surface area contributed by atoms with E-state index in [9.17, 15) is 26.0 Å². The van der Waals surface area contributed by atoms with Crippen LogP contribution in [0, 0.1) is 0 Å². The molecular weight excluding hydrogens is 199 g/mol. The molecule has 0 radical (unpaired) electrons. The molecule has 0 saturated heterocycles. The van der Waals surface area contributed by atoms with Crippen LogP contribution in [-0.2, 0) is 10.1 Å². The van der Waals surface area contributed by atoms with Gasteiger partial charge in [-0.3, -0.25) is 9.26 Å². The van der Waals surface area contributed by atoms with Crippen molar-refractivity contribution in [1.29, 1.82) is 0 Å². The number of halogens is 5. The Kier molecular flexibility index (Phi) is 3.96. The number of hydrogen-bond acceptors (Lipinski definition) is 2. The van der Waals surface area contributed by atoms with Crippen LogP contribution >= 0.6 is 0 Å². The summed E-state index contributed by atoms with van der Waals surface area (Å²) in [6.07, 6.45) is -4.41. The summed E-state index contributed by atoms with van der Waals surface area (Å²) in [6.45, 7) is 0. The summed E-state index contributed by atoms with van der Waals surface area (Å²) < 4.78 is 71.3. The van der Waals surface area contributed by atoms with Crippen molar-refractivity contribution in [3.05, 3.63) is 0 Å². The van der Waals surface area contributed by atoms with Crippen molar-refractivity contribution in [3.8, 4) is 0 Å². The molecule has 0 aliphatic carbocycles. The number of alkyl halides is 4. The molecule has 0 heterocycles. The SMILES string of the molecule is F.O=S(=O)(O)C(F)(F)C(F)F.